The van der Waals surface area contributed by atoms with Gasteiger partial charge in [-0.1, -0.05) is 0 Å². The lowest BCUT2D eigenvalue weighted by Crippen LogP contribution is -2.42. The Balaban J connectivity index is 2.30. The Morgan fingerprint density at radius 1 is 1.53 bits per heavy atom. The Kier molecular flexibility index (Phi) is 6.07. The van der Waals surface area contributed by atoms with Crippen molar-refractivity contribution in [1.82, 2.24) is 4.90 Å². The third-order valence-corrected chi connectivity index (χ3v) is 3.10. The summed E-state index contributed by atoms with van der Waals surface area (Å²) in [5, 5.41) is 0. The van der Waals surface area contributed by atoms with E-state index < -0.39 is 5.60 Å². The average Bonchev–Trinajstić information content (AvgIpc) is 2.27. The summed E-state index contributed by atoms with van der Waals surface area (Å²) < 4.78 is 10.7. The molecule has 1 saturated heterocycles. The van der Waals surface area contributed by atoms with Crippen molar-refractivity contribution < 1.29 is 14.3 Å². The lowest BCUT2D eigenvalue weighted by atomic mass is 9.94. The summed E-state index contributed by atoms with van der Waals surface area (Å²) in [4.78, 5) is 13.4. The lowest BCUT2D eigenvalue weighted by molar-refractivity contribution is 0.0262. The van der Waals surface area contributed by atoms with Gasteiger partial charge in [-0.05, 0) is 46.0 Å². The van der Waals surface area contributed by atoms with Crippen molar-refractivity contribution in [3.05, 3.63) is 0 Å². The average molecular weight is 272 g/mol. The van der Waals surface area contributed by atoms with Gasteiger partial charge in [0.1, 0.15) is 5.60 Å². The Labute approximate surface area is 116 Å². The Morgan fingerprint density at radius 3 is 2.74 bits per heavy atom. The molecule has 1 rings (SSSR count). The maximum Gasteiger partial charge on any atom is 0.410 e. The van der Waals surface area contributed by atoms with Crippen molar-refractivity contribution in [2.24, 2.45) is 11.7 Å². The number of likely N-dealkylation sites (N-methyl/N-ethyl adjacent to an activating group) is 1. The van der Waals surface area contributed by atoms with Gasteiger partial charge in [-0.3, -0.25) is 0 Å². The van der Waals surface area contributed by atoms with Crippen LogP contribution in [-0.2, 0) is 9.47 Å². The molecule has 1 aliphatic rings. The van der Waals surface area contributed by atoms with Gasteiger partial charge in [-0.25, -0.2) is 4.79 Å². The van der Waals surface area contributed by atoms with Crippen molar-refractivity contribution in [3.63, 3.8) is 0 Å². The predicted molar refractivity (Wildman–Crippen MR) is 75.0 cm³/mol. The zero-order chi connectivity index (χ0) is 14.5. The molecule has 0 spiro atoms. The predicted octanol–water partition coefficient (Wildman–Crippen LogP) is 2.00. The summed E-state index contributed by atoms with van der Waals surface area (Å²) in [5.74, 6) is 0.524. The number of hydrogen-bond donors (Lipinski definition) is 1. The molecule has 0 aromatic carbocycles. The fourth-order valence-electron chi connectivity index (χ4n) is 2.26. The molecule has 1 amide bonds. The second-order valence-corrected chi connectivity index (χ2v) is 6.44. The molecule has 2 N–H and O–H groups in total. The van der Waals surface area contributed by atoms with Crippen LogP contribution in [0.1, 0.15) is 40.0 Å². The molecule has 1 aliphatic heterocycles. The Morgan fingerprint density at radius 2 is 2.21 bits per heavy atom. The van der Waals surface area contributed by atoms with Crippen molar-refractivity contribution >= 4 is 6.09 Å². The zero-order valence-corrected chi connectivity index (χ0v) is 12.6. The van der Waals surface area contributed by atoms with Crippen LogP contribution in [0, 0.1) is 5.92 Å². The number of amides is 1. The summed E-state index contributed by atoms with van der Waals surface area (Å²) in [5.41, 5.74) is 5.64. The van der Waals surface area contributed by atoms with Crippen LogP contribution in [0.2, 0.25) is 0 Å². The van der Waals surface area contributed by atoms with Crippen LogP contribution in [0.4, 0.5) is 4.79 Å². The zero-order valence-electron chi connectivity index (χ0n) is 12.6. The molecule has 5 nitrogen and oxygen atoms in total. The third kappa shape index (κ3) is 6.78. The van der Waals surface area contributed by atoms with Gasteiger partial charge in [-0.15, -0.1) is 0 Å². The van der Waals surface area contributed by atoms with Crippen molar-refractivity contribution in [2.75, 3.05) is 26.8 Å². The van der Waals surface area contributed by atoms with Gasteiger partial charge < -0.3 is 20.1 Å². The Hall–Kier alpha value is -0.810. The quantitative estimate of drug-likeness (QED) is 0.850. The van der Waals surface area contributed by atoms with Gasteiger partial charge in [0.05, 0.1) is 0 Å². The van der Waals surface area contributed by atoms with Gasteiger partial charge in [0.2, 0.25) is 0 Å². The minimum Gasteiger partial charge on any atom is -0.444 e. The van der Waals surface area contributed by atoms with Crippen LogP contribution in [0.15, 0.2) is 0 Å². The molecular formula is C14H28N2O3. The van der Waals surface area contributed by atoms with E-state index in [1.807, 2.05) is 20.8 Å². The van der Waals surface area contributed by atoms with E-state index in [1.165, 1.54) is 6.42 Å². The molecule has 112 valence electrons. The fraction of sp³-hybridized carbons (Fsp3) is 0.929. The summed E-state index contributed by atoms with van der Waals surface area (Å²) in [6.07, 6.45) is 2.86. The van der Waals surface area contributed by atoms with E-state index in [-0.39, 0.29) is 12.1 Å². The smallest absolute Gasteiger partial charge is 0.410 e. The molecule has 5 heteroatoms. The number of rotatable bonds is 4. The first-order valence-electron chi connectivity index (χ1n) is 7.05. The maximum atomic E-state index is 11.8. The molecule has 0 unspecified atom stereocenters. The second kappa shape index (κ2) is 7.10. The molecule has 2 atom stereocenters. The summed E-state index contributed by atoms with van der Waals surface area (Å²) in [7, 11) is 1.73. The van der Waals surface area contributed by atoms with Gasteiger partial charge in [0.25, 0.3) is 0 Å². The maximum absolute atomic E-state index is 11.8. The SMILES string of the molecule is CN(C[C@@H](N)C[C@H]1CCCOC1)C(=O)OC(C)(C)C. The molecule has 0 radical (unpaired) electrons. The molecule has 0 bridgehead atoms. The number of ether oxygens (including phenoxy) is 2. The number of carbonyl (C=O) groups excluding carboxylic acids is 1. The number of nitrogens with zero attached hydrogens (tertiary/aromatic N) is 1. The van der Waals surface area contributed by atoms with Crippen molar-refractivity contribution in [1.29, 1.82) is 0 Å². The highest BCUT2D eigenvalue weighted by Gasteiger charge is 2.23. The normalized spacial score (nSPS) is 21.8. The highest BCUT2D eigenvalue weighted by Crippen LogP contribution is 2.18. The van der Waals surface area contributed by atoms with E-state index in [0.717, 1.165) is 26.1 Å². The number of hydrogen-bond acceptors (Lipinski definition) is 4. The van der Waals surface area contributed by atoms with E-state index in [0.29, 0.717) is 12.5 Å². The monoisotopic (exact) mass is 272 g/mol. The second-order valence-electron chi connectivity index (χ2n) is 6.44. The van der Waals surface area contributed by atoms with Crippen LogP contribution in [-0.4, -0.2) is 49.4 Å². The first-order chi connectivity index (χ1) is 8.78. The van der Waals surface area contributed by atoms with Crippen LogP contribution < -0.4 is 5.73 Å². The minimum absolute atomic E-state index is 0.0239. The van der Waals surface area contributed by atoms with Gasteiger partial charge in [0.15, 0.2) is 0 Å². The van der Waals surface area contributed by atoms with E-state index in [2.05, 4.69) is 0 Å². The van der Waals surface area contributed by atoms with Crippen LogP contribution in [0.25, 0.3) is 0 Å². The summed E-state index contributed by atoms with van der Waals surface area (Å²) in [6, 6.07) is -0.0239. The molecule has 1 fully saturated rings. The van der Waals surface area contributed by atoms with Crippen LogP contribution in [0.3, 0.4) is 0 Å². The van der Waals surface area contributed by atoms with E-state index in [9.17, 15) is 4.79 Å². The van der Waals surface area contributed by atoms with Gasteiger partial charge in [0, 0.05) is 32.8 Å². The molecule has 0 aliphatic carbocycles. The topological polar surface area (TPSA) is 64.8 Å². The number of nitrogens with two attached hydrogens (primary N) is 1. The van der Waals surface area contributed by atoms with Crippen molar-refractivity contribution in [2.45, 2.75) is 51.7 Å². The summed E-state index contributed by atoms with van der Waals surface area (Å²) >= 11 is 0. The van der Waals surface area contributed by atoms with Crippen molar-refractivity contribution in [3.8, 4) is 0 Å². The molecule has 1 heterocycles. The molecular weight excluding hydrogens is 244 g/mol. The first-order valence-corrected chi connectivity index (χ1v) is 7.05. The Bertz CT molecular complexity index is 283. The van der Waals surface area contributed by atoms with E-state index in [4.69, 9.17) is 15.2 Å². The van der Waals surface area contributed by atoms with Gasteiger partial charge >= 0.3 is 6.09 Å². The van der Waals surface area contributed by atoms with E-state index >= 15 is 0 Å². The number of carbonyl (C=O) groups is 1. The van der Waals surface area contributed by atoms with Crippen LogP contribution in [0.5, 0.6) is 0 Å². The molecule has 0 aromatic heterocycles. The van der Waals surface area contributed by atoms with Crippen LogP contribution >= 0.6 is 0 Å². The summed E-state index contributed by atoms with van der Waals surface area (Å²) in [6.45, 7) is 7.76. The minimum atomic E-state index is -0.466. The lowest BCUT2D eigenvalue weighted by Gasteiger charge is -2.29. The highest BCUT2D eigenvalue weighted by atomic mass is 16.6. The third-order valence-electron chi connectivity index (χ3n) is 3.10. The molecule has 0 aromatic rings. The standard InChI is InChI=1S/C14H28N2O3/c1-14(2,3)19-13(17)16(4)9-12(15)8-11-6-5-7-18-10-11/h11-12H,5-10,15H2,1-4H3/t11-,12+/m1/s1. The molecule has 19 heavy (non-hydrogen) atoms. The van der Waals surface area contributed by atoms with E-state index in [1.54, 1.807) is 11.9 Å². The highest BCUT2D eigenvalue weighted by molar-refractivity contribution is 5.67. The fourth-order valence-corrected chi connectivity index (χ4v) is 2.26. The molecule has 0 saturated carbocycles. The first kappa shape index (κ1) is 16.2. The largest absolute Gasteiger partial charge is 0.444 e. The van der Waals surface area contributed by atoms with Gasteiger partial charge in [-0.2, -0.15) is 0 Å².